The number of ether oxygens (including phenoxy) is 2. The second kappa shape index (κ2) is 8.37. The van der Waals surface area contributed by atoms with Gasteiger partial charge in [0.1, 0.15) is 17.1 Å². The fraction of sp³-hybridized carbons (Fsp3) is 0.462. The van der Waals surface area contributed by atoms with Crippen LogP contribution in [0, 0.1) is 19.8 Å². The lowest BCUT2D eigenvalue weighted by molar-refractivity contribution is -0.00619. The van der Waals surface area contributed by atoms with E-state index >= 15 is 0 Å². The van der Waals surface area contributed by atoms with Gasteiger partial charge >= 0.3 is 0 Å². The van der Waals surface area contributed by atoms with Crippen LogP contribution in [0.4, 0.5) is 0 Å². The normalized spacial score (nSPS) is 17.5. The van der Waals surface area contributed by atoms with Gasteiger partial charge in [-0.3, -0.25) is 9.59 Å². The summed E-state index contributed by atoms with van der Waals surface area (Å²) in [6.07, 6.45) is 1.70. The molecule has 0 radical (unpaired) electrons. The van der Waals surface area contributed by atoms with Crippen LogP contribution in [0.5, 0.6) is 11.5 Å². The minimum atomic E-state index is -0.505. The molecule has 0 bridgehead atoms. The first-order chi connectivity index (χ1) is 14.8. The molecule has 0 aromatic heterocycles. The van der Waals surface area contributed by atoms with Crippen molar-refractivity contribution in [3.63, 3.8) is 0 Å². The van der Waals surface area contributed by atoms with Crippen LogP contribution in [0.2, 0.25) is 0 Å². The van der Waals surface area contributed by atoms with Gasteiger partial charge in [0.2, 0.25) is 0 Å². The highest BCUT2D eigenvalue weighted by Crippen LogP contribution is 2.41. The molecule has 1 fully saturated rings. The summed E-state index contributed by atoms with van der Waals surface area (Å²) in [5.74, 6) is 2.11. The van der Waals surface area contributed by atoms with Crippen LogP contribution in [0.3, 0.4) is 0 Å². The van der Waals surface area contributed by atoms with E-state index in [0.717, 1.165) is 22.6 Å². The summed E-state index contributed by atoms with van der Waals surface area (Å²) in [5, 5.41) is 0. The van der Waals surface area contributed by atoms with Gasteiger partial charge in [0, 0.05) is 31.5 Å². The predicted molar refractivity (Wildman–Crippen MR) is 120 cm³/mol. The van der Waals surface area contributed by atoms with Crippen molar-refractivity contribution in [2.75, 3.05) is 19.7 Å². The summed E-state index contributed by atoms with van der Waals surface area (Å²) in [6.45, 7) is 10.0. The Morgan fingerprint density at radius 1 is 1.13 bits per heavy atom. The highest BCUT2D eigenvalue weighted by molar-refractivity contribution is 6.01. The van der Waals surface area contributed by atoms with E-state index in [-0.39, 0.29) is 11.7 Å². The van der Waals surface area contributed by atoms with Crippen molar-refractivity contribution in [2.45, 2.75) is 52.6 Å². The molecule has 1 saturated heterocycles. The lowest BCUT2D eigenvalue weighted by Gasteiger charge is -2.44. The summed E-state index contributed by atoms with van der Waals surface area (Å²) >= 11 is 0. The van der Waals surface area contributed by atoms with E-state index < -0.39 is 5.60 Å². The van der Waals surface area contributed by atoms with E-state index in [4.69, 9.17) is 9.47 Å². The number of piperidine rings is 1. The summed E-state index contributed by atoms with van der Waals surface area (Å²) in [4.78, 5) is 27.7. The van der Waals surface area contributed by atoms with Gasteiger partial charge in [-0.15, -0.1) is 0 Å². The van der Waals surface area contributed by atoms with Crippen molar-refractivity contribution >= 4 is 11.7 Å². The van der Waals surface area contributed by atoms with E-state index in [1.807, 2.05) is 49.1 Å². The number of rotatable bonds is 4. The Bertz CT molecular complexity index is 985. The van der Waals surface area contributed by atoms with Crippen molar-refractivity contribution in [1.82, 2.24) is 4.90 Å². The number of hydrogen-bond donors (Lipinski definition) is 0. The molecule has 2 heterocycles. The van der Waals surface area contributed by atoms with Crippen LogP contribution >= 0.6 is 0 Å². The molecule has 2 aliphatic heterocycles. The van der Waals surface area contributed by atoms with Crippen molar-refractivity contribution in [3.05, 3.63) is 58.7 Å². The van der Waals surface area contributed by atoms with Gasteiger partial charge in [-0.05, 0) is 61.2 Å². The average molecular weight is 422 g/mol. The fourth-order valence-electron chi connectivity index (χ4n) is 4.47. The van der Waals surface area contributed by atoms with Crippen molar-refractivity contribution in [2.24, 2.45) is 5.92 Å². The predicted octanol–water partition coefficient (Wildman–Crippen LogP) is 4.98. The zero-order chi connectivity index (χ0) is 22.2. The molecular weight excluding hydrogens is 390 g/mol. The molecule has 0 saturated carbocycles. The highest BCUT2D eigenvalue weighted by atomic mass is 16.5. The Kier molecular flexibility index (Phi) is 5.78. The number of likely N-dealkylation sites (tertiary alicyclic amines) is 1. The van der Waals surface area contributed by atoms with Gasteiger partial charge in [-0.25, -0.2) is 0 Å². The number of Topliss-reactive ketones (excluding diaryl/α,β-unsaturated/α-hetero) is 1. The van der Waals surface area contributed by atoms with Crippen LogP contribution in [0.1, 0.15) is 65.0 Å². The van der Waals surface area contributed by atoms with Gasteiger partial charge in [0.15, 0.2) is 5.78 Å². The third-order valence-corrected chi connectivity index (χ3v) is 6.17. The fourth-order valence-corrected chi connectivity index (χ4v) is 4.47. The molecule has 5 nitrogen and oxygen atoms in total. The van der Waals surface area contributed by atoms with Crippen LogP contribution in [-0.2, 0) is 0 Å². The maximum atomic E-state index is 13.0. The van der Waals surface area contributed by atoms with Gasteiger partial charge in [0.25, 0.3) is 5.91 Å². The Labute approximate surface area is 184 Å². The first-order valence-electron chi connectivity index (χ1n) is 11.1. The average Bonchev–Trinajstić information content (AvgIpc) is 2.74. The summed E-state index contributed by atoms with van der Waals surface area (Å²) < 4.78 is 12.1. The SMILES string of the molecule is Cc1cc(C)c2c(c1)C(=O)CC1(CCN(C(=O)c3ccc(OCC(C)C)cc3)CC1)O2. The monoisotopic (exact) mass is 421 g/mol. The Balaban J connectivity index is 1.41. The number of amides is 1. The number of nitrogens with zero attached hydrogens (tertiary/aromatic N) is 1. The molecule has 2 aliphatic rings. The Hall–Kier alpha value is -2.82. The van der Waals surface area contributed by atoms with Crippen molar-refractivity contribution in [3.8, 4) is 11.5 Å². The van der Waals surface area contributed by atoms with Crippen LogP contribution in [-0.4, -0.2) is 41.9 Å². The lowest BCUT2D eigenvalue weighted by atomic mass is 9.81. The molecule has 0 N–H and O–H groups in total. The number of hydrogen-bond acceptors (Lipinski definition) is 4. The van der Waals surface area contributed by atoms with E-state index in [0.29, 0.717) is 56.0 Å². The summed E-state index contributed by atoms with van der Waals surface area (Å²) in [5.41, 5.74) is 2.92. The maximum absolute atomic E-state index is 13.0. The first kappa shape index (κ1) is 21.4. The highest BCUT2D eigenvalue weighted by Gasteiger charge is 2.44. The van der Waals surface area contributed by atoms with Gasteiger partial charge in [-0.2, -0.15) is 0 Å². The second-order valence-corrected chi connectivity index (χ2v) is 9.36. The number of carbonyl (C=O) groups is 2. The maximum Gasteiger partial charge on any atom is 0.253 e. The molecule has 2 aromatic carbocycles. The van der Waals surface area contributed by atoms with E-state index in [1.165, 1.54) is 0 Å². The quantitative estimate of drug-likeness (QED) is 0.699. The van der Waals surface area contributed by atoms with E-state index in [2.05, 4.69) is 19.9 Å². The number of fused-ring (bicyclic) bond motifs is 1. The van der Waals surface area contributed by atoms with Gasteiger partial charge in [-0.1, -0.05) is 19.9 Å². The topological polar surface area (TPSA) is 55.8 Å². The second-order valence-electron chi connectivity index (χ2n) is 9.36. The van der Waals surface area contributed by atoms with Crippen molar-refractivity contribution < 1.29 is 19.1 Å². The van der Waals surface area contributed by atoms with Gasteiger partial charge in [0.05, 0.1) is 18.6 Å². The smallest absolute Gasteiger partial charge is 0.253 e. The Morgan fingerprint density at radius 3 is 2.45 bits per heavy atom. The van der Waals surface area contributed by atoms with Gasteiger partial charge < -0.3 is 14.4 Å². The van der Waals surface area contributed by atoms with Crippen molar-refractivity contribution in [1.29, 1.82) is 0 Å². The van der Waals surface area contributed by atoms with Crippen LogP contribution in [0.15, 0.2) is 36.4 Å². The molecule has 0 aliphatic carbocycles. The molecule has 0 atom stereocenters. The zero-order valence-corrected chi connectivity index (χ0v) is 18.9. The summed E-state index contributed by atoms with van der Waals surface area (Å²) in [7, 11) is 0. The molecule has 31 heavy (non-hydrogen) atoms. The molecule has 5 heteroatoms. The Morgan fingerprint density at radius 2 is 1.81 bits per heavy atom. The lowest BCUT2D eigenvalue weighted by Crippen LogP contribution is -2.52. The third-order valence-electron chi connectivity index (χ3n) is 6.17. The molecule has 1 amide bonds. The standard InChI is InChI=1S/C26H31NO4/c1-17(2)16-30-21-7-5-20(6-8-21)25(29)27-11-9-26(10-12-27)15-23(28)22-14-18(3)13-19(4)24(22)31-26/h5-8,13-14,17H,9-12,15-16H2,1-4H3. The van der Waals surface area contributed by atoms with Crippen LogP contribution < -0.4 is 9.47 Å². The largest absolute Gasteiger partial charge is 0.493 e. The zero-order valence-electron chi connectivity index (χ0n) is 18.9. The molecule has 0 unspecified atom stereocenters. The first-order valence-corrected chi connectivity index (χ1v) is 11.1. The van der Waals surface area contributed by atoms with E-state index in [1.54, 1.807) is 0 Å². The van der Waals surface area contributed by atoms with Crippen LogP contribution in [0.25, 0.3) is 0 Å². The summed E-state index contributed by atoms with van der Waals surface area (Å²) in [6, 6.07) is 11.3. The molecule has 4 rings (SSSR count). The number of benzene rings is 2. The number of ketones is 1. The molecule has 1 spiro atoms. The molecule has 2 aromatic rings. The molecule has 164 valence electrons. The third kappa shape index (κ3) is 4.46. The number of aryl methyl sites for hydroxylation is 2. The minimum absolute atomic E-state index is 0.0135. The molecular formula is C26H31NO4. The van der Waals surface area contributed by atoms with E-state index in [9.17, 15) is 9.59 Å². The number of carbonyl (C=O) groups excluding carboxylic acids is 2. The minimum Gasteiger partial charge on any atom is -0.493 e.